The Bertz CT molecular complexity index is 1110. The molecule has 0 atom stereocenters. The fourth-order valence-corrected chi connectivity index (χ4v) is 6.77. The number of nitrogens with zero attached hydrogens (tertiary/aromatic N) is 6. The second-order valence-corrected chi connectivity index (χ2v) is 12.7. The highest BCUT2D eigenvalue weighted by Crippen LogP contribution is 2.34. The lowest BCUT2D eigenvalue weighted by Crippen LogP contribution is -2.46. The maximum Gasteiger partial charge on any atom is 0.281 e. The highest BCUT2D eigenvalue weighted by Gasteiger charge is 2.30. The lowest BCUT2D eigenvalue weighted by molar-refractivity contribution is 0.311. The molecule has 0 spiro atoms. The van der Waals surface area contributed by atoms with Gasteiger partial charge in [0.25, 0.3) is 10.2 Å². The minimum atomic E-state index is -3.39. The van der Waals surface area contributed by atoms with Crippen LogP contribution in [-0.2, 0) is 10.2 Å². The molecule has 11 nitrogen and oxygen atoms in total. The molecule has 4 N–H and O–H groups in total. The number of aromatic nitrogens is 4. The minimum absolute atomic E-state index is 0.124. The van der Waals surface area contributed by atoms with Crippen LogP contribution in [0.1, 0.15) is 70.3 Å². The summed E-state index contributed by atoms with van der Waals surface area (Å²) in [6, 6.07) is 1.17. The van der Waals surface area contributed by atoms with E-state index in [4.69, 9.17) is 20.7 Å². The van der Waals surface area contributed by atoms with Gasteiger partial charge in [-0.05, 0) is 51.4 Å². The first-order valence-corrected chi connectivity index (χ1v) is 14.4. The van der Waals surface area contributed by atoms with Crippen molar-refractivity contribution < 1.29 is 8.42 Å². The lowest BCUT2D eigenvalue weighted by atomic mass is 9.92. The summed E-state index contributed by atoms with van der Waals surface area (Å²) in [7, 11) is -0.234. The fourth-order valence-electron chi connectivity index (χ4n) is 5.63. The van der Waals surface area contributed by atoms with Crippen LogP contribution >= 0.6 is 0 Å². The zero-order valence-corrected chi connectivity index (χ0v) is 21.7. The van der Waals surface area contributed by atoms with Gasteiger partial charge in [0.15, 0.2) is 17.0 Å². The molecule has 2 aromatic rings. The first-order chi connectivity index (χ1) is 16.8. The molecule has 12 heteroatoms. The molecule has 1 aliphatic heterocycles. The summed E-state index contributed by atoms with van der Waals surface area (Å²) >= 11 is 0. The Morgan fingerprint density at radius 1 is 0.943 bits per heavy atom. The molecule has 0 aromatic carbocycles. The Morgan fingerprint density at radius 2 is 1.60 bits per heavy atom. The second-order valence-electron chi connectivity index (χ2n) is 10.5. The minimum Gasteiger partial charge on any atom is -0.365 e. The van der Waals surface area contributed by atoms with Gasteiger partial charge in [0.2, 0.25) is 5.95 Å². The van der Waals surface area contributed by atoms with Crippen molar-refractivity contribution >= 4 is 33.1 Å². The average molecular weight is 506 g/mol. The van der Waals surface area contributed by atoms with E-state index in [-0.39, 0.29) is 6.04 Å². The van der Waals surface area contributed by atoms with E-state index in [0.717, 1.165) is 55.5 Å². The van der Waals surface area contributed by atoms with Crippen molar-refractivity contribution in [3.8, 4) is 0 Å². The Hall–Kier alpha value is -2.02. The van der Waals surface area contributed by atoms with Gasteiger partial charge >= 0.3 is 0 Å². The third-order valence-electron chi connectivity index (χ3n) is 7.83. The number of anilines is 2. The van der Waals surface area contributed by atoms with Gasteiger partial charge in [-0.2, -0.15) is 27.0 Å². The normalized spacial score (nSPS) is 25.5. The molecule has 0 radical (unpaired) electrons. The van der Waals surface area contributed by atoms with Gasteiger partial charge in [-0.25, -0.2) is 4.98 Å². The topological polar surface area (TPSA) is 134 Å². The van der Waals surface area contributed by atoms with Crippen molar-refractivity contribution in [1.82, 2.24) is 28.1 Å². The van der Waals surface area contributed by atoms with Gasteiger partial charge in [0.1, 0.15) is 0 Å². The summed E-state index contributed by atoms with van der Waals surface area (Å²) in [4.78, 5) is 14.5. The van der Waals surface area contributed by atoms with E-state index in [0.29, 0.717) is 50.0 Å². The summed E-state index contributed by atoms with van der Waals surface area (Å²) in [5.74, 6) is 1.36. The van der Waals surface area contributed by atoms with Crippen LogP contribution < -0.4 is 16.4 Å². The maximum absolute atomic E-state index is 12.5. The quantitative estimate of drug-likeness (QED) is 0.522. The summed E-state index contributed by atoms with van der Waals surface area (Å²) in [6.07, 6.45) is 12.2. The molecule has 0 amide bonds. The Balaban J connectivity index is 1.37. The van der Waals surface area contributed by atoms with Crippen molar-refractivity contribution in [3.05, 3.63) is 6.33 Å². The number of imidazole rings is 1. The molecular weight excluding hydrogens is 466 g/mol. The molecule has 3 aliphatic rings. The maximum atomic E-state index is 12.5. The Kier molecular flexibility index (Phi) is 7.16. The molecular formula is C23H39N9O2S. The molecule has 2 saturated carbocycles. The first-order valence-electron chi connectivity index (χ1n) is 13.0. The van der Waals surface area contributed by atoms with Gasteiger partial charge in [0, 0.05) is 51.4 Å². The van der Waals surface area contributed by atoms with E-state index in [9.17, 15) is 8.42 Å². The van der Waals surface area contributed by atoms with Crippen LogP contribution in [0, 0.1) is 0 Å². The third-order valence-corrected chi connectivity index (χ3v) is 9.77. The van der Waals surface area contributed by atoms with Crippen LogP contribution in [0.4, 0.5) is 11.8 Å². The number of piperidine rings is 1. The average Bonchev–Trinajstić information content (AvgIpc) is 3.51. The summed E-state index contributed by atoms with van der Waals surface area (Å²) in [5.41, 5.74) is 7.76. The highest BCUT2D eigenvalue weighted by molar-refractivity contribution is 7.86. The number of hydrogen-bond donors (Lipinski definition) is 3. The smallest absolute Gasteiger partial charge is 0.281 e. The predicted octanol–water partition coefficient (Wildman–Crippen LogP) is 2.31. The largest absolute Gasteiger partial charge is 0.365 e. The molecule has 1 saturated heterocycles. The molecule has 3 heterocycles. The monoisotopic (exact) mass is 505 g/mol. The van der Waals surface area contributed by atoms with Crippen LogP contribution in [0.15, 0.2) is 6.33 Å². The molecule has 2 aliphatic carbocycles. The van der Waals surface area contributed by atoms with Gasteiger partial charge in [-0.15, -0.1) is 0 Å². The van der Waals surface area contributed by atoms with Crippen LogP contribution in [0.5, 0.6) is 0 Å². The molecule has 35 heavy (non-hydrogen) atoms. The van der Waals surface area contributed by atoms with Crippen LogP contribution in [0.3, 0.4) is 0 Å². The Morgan fingerprint density at radius 3 is 2.26 bits per heavy atom. The number of nitrogens with two attached hydrogens (primary N) is 1. The lowest BCUT2D eigenvalue weighted by Gasteiger charge is -2.33. The fraction of sp³-hybridized carbons (Fsp3) is 0.783. The van der Waals surface area contributed by atoms with Crippen molar-refractivity contribution in [3.63, 3.8) is 0 Å². The van der Waals surface area contributed by atoms with Gasteiger partial charge in [0.05, 0.1) is 6.33 Å². The molecule has 5 rings (SSSR count). The Labute approximate surface area is 208 Å². The molecule has 3 fully saturated rings. The zero-order valence-electron chi connectivity index (χ0n) is 20.9. The number of fused-ring (bicyclic) bond motifs is 1. The standard InChI is InChI=1S/C23H39N9O2S/c1-30(2)35(33,34)31-13-11-18(12-14-31)26-21-20-22(32(15-25-20)19-5-3-4-6-19)29-23(28-21)27-17-9-7-16(24)8-10-17/h15-19H,3-14,24H2,1-2H3,(H2,26,27,28,29)/t16-,17-. The molecule has 0 bridgehead atoms. The number of nitrogens with one attached hydrogen (secondary N) is 2. The zero-order chi connectivity index (χ0) is 24.6. The second kappa shape index (κ2) is 10.2. The van der Waals surface area contributed by atoms with E-state index in [2.05, 4.69) is 15.2 Å². The number of rotatable bonds is 7. The van der Waals surface area contributed by atoms with Crippen molar-refractivity contribution in [2.24, 2.45) is 5.73 Å². The SMILES string of the molecule is CN(C)S(=O)(=O)N1CCC(Nc2nc(N[C@H]3CC[C@H](N)CC3)nc3c2ncn3C2CCCC2)CC1. The summed E-state index contributed by atoms with van der Waals surface area (Å²) in [5, 5.41) is 7.16. The first kappa shape index (κ1) is 24.7. The van der Waals surface area contributed by atoms with Gasteiger partial charge in [-0.3, -0.25) is 0 Å². The van der Waals surface area contributed by atoms with Gasteiger partial charge in [-0.1, -0.05) is 12.8 Å². The summed E-state index contributed by atoms with van der Waals surface area (Å²) in [6.45, 7) is 0.965. The van der Waals surface area contributed by atoms with Crippen LogP contribution in [0.25, 0.3) is 11.2 Å². The van der Waals surface area contributed by atoms with E-state index >= 15 is 0 Å². The van der Waals surface area contributed by atoms with E-state index in [1.165, 1.54) is 17.1 Å². The predicted molar refractivity (Wildman–Crippen MR) is 138 cm³/mol. The number of hydrogen-bond acceptors (Lipinski definition) is 8. The molecule has 194 valence electrons. The highest BCUT2D eigenvalue weighted by atomic mass is 32.2. The van der Waals surface area contributed by atoms with Crippen molar-refractivity contribution in [1.29, 1.82) is 0 Å². The van der Waals surface area contributed by atoms with E-state index in [1.807, 2.05) is 6.33 Å². The van der Waals surface area contributed by atoms with Gasteiger partial charge < -0.3 is 20.9 Å². The van der Waals surface area contributed by atoms with Crippen molar-refractivity contribution in [2.45, 2.75) is 88.4 Å². The van der Waals surface area contributed by atoms with Crippen LogP contribution in [-0.4, -0.2) is 81.9 Å². The van der Waals surface area contributed by atoms with Crippen LogP contribution in [0.2, 0.25) is 0 Å². The molecule has 0 unspecified atom stereocenters. The van der Waals surface area contributed by atoms with Crippen molar-refractivity contribution in [2.75, 3.05) is 37.8 Å². The van der Waals surface area contributed by atoms with E-state index in [1.54, 1.807) is 18.4 Å². The summed E-state index contributed by atoms with van der Waals surface area (Å²) < 4.78 is 30.0. The third kappa shape index (κ3) is 5.25. The molecule has 2 aromatic heterocycles. The van der Waals surface area contributed by atoms with E-state index < -0.39 is 10.2 Å².